The van der Waals surface area contributed by atoms with Gasteiger partial charge in [-0.25, -0.2) is 0 Å². The third-order valence-corrected chi connectivity index (χ3v) is 32.8. The molecule has 1 unspecified atom stereocenters. The van der Waals surface area contributed by atoms with Crippen molar-refractivity contribution in [1.29, 1.82) is 0 Å². The summed E-state index contributed by atoms with van der Waals surface area (Å²) in [6.07, 6.45) is 14.7. The Labute approximate surface area is 409 Å². The molecule has 0 aromatic heterocycles. The van der Waals surface area contributed by atoms with E-state index in [1.54, 1.807) is 0 Å². The van der Waals surface area contributed by atoms with Crippen molar-refractivity contribution in [3.05, 3.63) is 92.1 Å². The van der Waals surface area contributed by atoms with Gasteiger partial charge in [0.25, 0.3) is 0 Å². The molecule has 1 fully saturated rings. The Kier molecular flexibility index (Phi) is 23.3. The molecule has 0 aliphatic carbocycles. The van der Waals surface area contributed by atoms with E-state index in [-0.39, 0.29) is 28.8 Å². The van der Waals surface area contributed by atoms with Crippen molar-refractivity contribution in [2.24, 2.45) is 11.3 Å². The quantitative estimate of drug-likeness (QED) is 0.0307. The number of esters is 1. The van der Waals surface area contributed by atoms with Crippen molar-refractivity contribution in [2.45, 2.75) is 196 Å². The van der Waals surface area contributed by atoms with Gasteiger partial charge in [0.05, 0.1) is 6.61 Å². The predicted molar refractivity (Wildman–Crippen MR) is 284 cm³/mol. The first-order valence-corrected chi connectivity index (χ1v) is 35.4. The number of carbonyl (C=O) groups is 2. The second kappa shape index (κ2) is 26.3. The Morgan fingerprint density at radius 1 is 0.859 bits per heavy atom. The van der Waals surface area contributed by atoms with Crippen LogP contribution in [0.2, 0.25) is 18.3 Å². The molecule has 0 spiro atoms. The monoisotopic (exact) mass is 1120 g/mol. The van der Waals surface area contributed by atoms with Gasteiger partial charge in [-0.05, 0) is 17.9 Å². The molecular formula is C55H87IO6SiSn. The number of unbranched alkanes of at least 4 members (excludes halogenated alkanes) is 3. The normalized spacial score (nSPS) is 19.5. The van der Waals surface area contributed by atoms with E-state index in [4.69, 9.17) is 18.6 Å². The number of hydrogen-bond acceptors (Lipinski definition) is 6. The number of ketones is 1. The van der Waals surface area contributed by atoms with Crippen molar-refractivity contribution in [3.63, 3.8) is 0 Å². The number of allylic oxidation sites excluding steroid dienone is 2. The Bertz CT molecular complexity index is 1750. The summed E-state index contributed by atoms with van der Waals surface area (Å²) in [5.74, 6) is -2.15. The number of Topliss-reactive ketones (excluding diaryl/α,β-unsaturated/α-hetero) is 1. The van der Waals surface area contributed by atoms with Gasteiger partial charge in [0.15, 0.2) is 5.79 Å². The number of halogens is 1. The zero-order valence-corrected chi connectivity index (χ0v) is 48.4. The van der Waals surface area contributed by atoms with Crippen molar-refractivity contribution in [1.82, 2.24) is 0 Å². The number of carbonyl (C=O) groups excluding carboxylic acids is 2. The fourth-order valence-corrected chi connectivity index (χ4v) is 29.2. The van der Waals surface area contributed by atoms with E-state index in [2.05, 4.69) is 159 Å². The molecule has 3 atom stereocenters. The minimum absolute atomic E-state index is 0.0552. The van der Waals surface area contributed by atoms with Crippen LogP contribution in [-0.2, 0) is 28.2 Å². The van der Waals surface area contributed by atoms with Crippen molar-refractivity contribution in [3.8, 4) is 0 Å². The number of ether oxygens (including phenoxy) is 3. The van der Waals surface area contributed by atoms with Crippen LogP contribution < -0.4 is 10.4 Å². The van der Waals surface area contributed by atoms with Gasteiger partial charge in [0.2, 0.25) is 0 Å². The number of benzene rings is 2. The fraction of sp³-hybridized carbons (Fsp3) is 0.636. The molecule has 64 heavy (non-hydrogen) atoms. The molecule has 0 bridgehead atoms. The van der Waals surface area contributed by atoms with E-state index in [1.807, 2.05) is 34.6 Å². The zero-order valence-electron chi connectivity index (χ0n) is 42.4. The first-order chi connectivity index (χ1) is 30.1. The van der Waals surface area contributed by atoms with E-state index in [1.165, 1.54) is 62.2 Å². The van der Waals surface area contributed by atoms with E-state index in [0.717, 1.165) is 17.6 Å². The average Bonchev–Trinajstić information content (AvgIpc) is 3.24. The van der Waals surface area contributed by atoms with Crippen LogP contribution in [0.1, 0.15) is 161 Å². The minimum atomic E-state index is -2.97. The summed E-state index contributed by atoms with van der Waals surface area (Å²) < 4.78 is 35.4. The van der Waals surface area contributed by atoms with Gasteiger partial charge < -0.3 is 9.47 Å². The first kappa shape index (κ1) is 56.7. The summed E-state index contributed by atoms with van der Waals surface area (Å²) in [5.41, 5.74) is 1.06. The van der Waals surface area contributed by atoms with Crippen LogP contribution in [0.25, 0.3) is 0 Å². The van der Waals surface area contributed by atoms with Crippen molar-refractivity contribution >= 4 is 71.4 Å². The second-order valence-electron chi connectivity index (χ2n) is 21.3. The van der Waals surface area contributed by atoms with Crippen LogP contribution in [0.15, 0.2) is 92.1 Å². The Morgan fingerprint density at radius 3 is 1.86 bits per heavy atom. The number of hydrogen-bond donors (Lipinski definition) is 0. The molecule has 1 aliphatic heterocycles. The standard InChI is InChI=1S/C43H60IO6Si.3C4H9.Sn/c1-12-13-24-37(45)36(39(46)50-40(3,4)5)29-33(32(2)25-26-38-43(11,27-28-44)31-47-42(9,10)49-38)30-48-51(41(6,7)8,34-20-16-14-17-21-34)35-22-18-15-19-23-35;3*1-3-4-2;/h1,12,14-23,27-28,36,38H,13,24-26,29-31H2,2-11H3;3*1,3-4H2,2H3;/b12-1?,28-27+,33-32+;;;;/t36?,38-,43+;;;;/m1..../s1. The van der Waals surface area contributed by atoms with E-state index in [9.17, 15) is 9.59 Å². The summed E-state index contributed by atoms with van der Waals surface area (Å²) in [4.78, 5) is 29.1. The van der Waals surface area contributed by atoms with Crippen LogP contribution in [0, 0.1) is 11.3 Å². The van der Waals surface area contributed by atoms with Crippen LogP contribution in [0.3, 0.4) is 0 Å². The van der Waals surface area contributed by atoms with E-state index < -0.39 is 50.0 Å². The predicted octanol–water partition coefficient (Wildman–Crippen LogP) is 14.4. The van der Waals surface area contributed by atoms with Gasteiger partial charge >= 0.3 is 251 Å². The Balaban J connectivity index is 2.14. The molecule has 0 N–H and O–H groups in total. The molecule has 0 radical (unpaired) electrons. The Morgan fingerprint density at radius 2 is 1.39 bits per heavy atom. The molecule has 0 saturated carbocycles. The molecule has 1 aliphatic rings. The fourth-order valence-electron chi connectivity index (χ4n) is 9.35. The molecule has 2 aromatic rings. The molecule has 3 rings (SSSR count). The first-order valence-electron chi connectivity index (χ1n) is 24.6. The van der Waals surface area contributed by atoms with Gasteiger partial charge in [-0.15, -0.1) is 0 Å². The molecular weight excluding hydrogens is 1030 g/mol. The maximum atomic E-state index is 14.7. The zero-order chi connectivity index (χ0) is 47.7. The van der Waals surface area contributed by atoms with Crippen molar-refractivity contribution < 1.29 is 28.2 Å². The van der Waals surface area contributed by atoms with Crippen LogP contribution in [-0.4, -0.2) is 69.2 Å². The van der Waals surface area contributed by atoms with Gasteiger partial charge in [0.1, 0.15) is 0 Å². The Hall–Kier alpha value is -1.57. The molecule has 1 saturated heterocycles. The van der Waals surface area contributed by atoms with Crippen LogP contribution in [0.4, 0.5) is 0 Å². The molecule has 2 aromatic carbocycles. The third-order valence-electron chi connectivity index (χ3n) is 13.2. The maximum absolute atomic E-state index is 14.7. The number of rotatable bonds is 26. The second-order valence-corrected chi connectivity index (χ2v) is 39.4. The summed E-state index contributed by atoms with van der Waals surface area (Å²) in [7, 11) is -2.97. The SMILES string of the molecule is CCC[CH2][Sn](/[CH]=C/CCC(=O)C(C/C(CO[Si](c1ccccc1)(c1ccccc1)C(C)(C)C)=C(/C)CC[C@H]1OC(C)(C)OC[C@]1(C)/C=C/I)C(=O)OC(C)(C)C)([CH2]CCC)[CH2]CCC. The molecule has 1 heterocycles. The molecule has 9 heteroatoms. The average molecular weight is 1120 g/mol. The summed E-state index contributed by atoms with van der Waals surface area (Å²) in [5, 5.41) is 2.13. The van der Waals surface area contributed by atoms with Gasteiger partial charge in [-0.1, -0.05) is 117 Å². The summed E-state index contributed by atoms with van der Waals surface area (Å²) in [6, 6.07) is 21.4. The van der Waals surface area contributed by atoms with Gasteiger partial charge in [-0.2, -0.15) is 0 Å². The van der Waals surface area contributed by atoms with E-state index in [0.29, 0.717) is 32.5 Å². The molecule has 0 amide bonds. The van der Waals surface area contributed by atoms with Crippen molar-refractivity contribution in [2.75, 3.05) is 13.2 Å². The summed E-state index contributed by atoms with van der Waals surface area (Å²) >= 11 is -0.263. The topological polar surface area (TPSA) is 71.1 Å². The molecule has 358 valence electrons. The van der Waals surface area contributed by atoms with E-state index >= 15 is 0 Å². The molecule has 6 nitrogen and oxygen atoms in total. The third kappa shape index (κ3) is 16.9. The van der Waals surface area contributed by atoms with Crippen LogP contribution in [0.5, 0.6) is 0 Å². The summed E-state index contributed by atoms with van der Waals surface area (Å²) in [6.45, 7) is 28.6. The van der Waals surface area contributed by atoms with Crippen LogP contribution >= 0.6 is 22.6 Å². The van der Waals surface area contributed by atoms with Gasteiger partial charge in [-0.3, -0.25) is 0 Å². The van der Waals surface area contributed by atoms with Gasteiger partial charge in [0, 0.05) is 5.41 Å².